The van der Waals surface area contributed by atoms with Gasteiger partial charge >= 0.3 is 0 Å². The minimum atomic E-state index is -2.45. The molecule has 0 aliphatic carbocycles. The number of carbonyl (C=O) groups excluding carboxylic acids is 3. The zero-order valence-corrected chi connectivity index (χ0v) is 13.6. The van der Waals surface area contributed by atoms with E-state index in [4.69, 9.17) is 11.5 Å². The van der Waals surface area contributed by atoms with Crippen LogP contribution in [0.3, 0.4) is 0 Å². The summed E-state index contributed by atoms with van der Waals surface area (Å²) in [4.78, 5) is 33.5. The third kappa shape index (κ3) is 7.54. The van der Waals surface area contributed by atoms with Crippen LogP contribution in [0.15, 0.2) is 0 Å². The molecule has 128 valence electrons. The molecule has 0 aliphatic heterocycles. The molecule has 0 radical (unpaired) electrons. The lowest BCUT2D eigenvalue weighted by molar-refractivity contribution is -0.156. The summed E-state index contributed by atoms with van der Waals surface area (Å²) >= 11 is 0. The van der Waals surface area contributed by atoms with Gasteiger partial charge in [-0.05, 0) is 12.8 Å². The van der Waals surface area contributed by atoms with Gasteiger partial charge in [0.1, 0.15) is 0 Å². The minimum absolute atomic E-state index is 0.152. The highest BCUT2D eigenvalue weighted by Gasteiger charge is 2.44. The molecular formula is C16H30N2O4. The highest BCUT2D eigenvalue weighted by atomic mass is 16.3. The van der Waals surface area contributed by atoms with Crippen molar-refractivity contribution in [1.29, 1.82) is 0 Å². The molecule has 0 aromatic carbocycles. The van der Waals surface area contributed by atoms with E-state index in [0.717, 1.165) is 19.3 Å². The van der Waals surface area contributed by atoms with E-state index < -0.39 is 23.2 Å². The highest BCUT2D eigenvalue weighted by molar-refractivity contribution is 6.43. The molecule has 0 aliphatic rings. The maximum atomic E-state index is 11.5. The summed E-state index contributed by atoms with van der Waals surface area (Å²) in [6.45, 7) is 2.19. The van der Waals surface area contributed by atoms with Gasteiger partial charge in [-0.15, -0.1) is 0 Å². The molecule has 0 bridgehead atoms. The van der Waals surface area contributed by atoms with Gasteiger partial charge in [0.05, 0.1) is 0 Å². The Morgan fingerprint density at radius 3 is 1.59 bits per heavy atom. The SMILES string of the molecule is CCCCCCCCCCCCC(O)(C(N)=O)C(=O)C(N)=O. The first kappa shape index (κ1) is 20.6. The molecule has 6 nitrogen and oxygen atoms in total. The molecule has 1 unspecified atom stereocenters. The van der Waals surface area contributed by atoms with E-state index >= 15 is 0 Å². The van der Waals surface area contributed by atoms with Crippen LogP contribution >= 0.6 is 0 Å². The predicted octanol–water partition coefficient (Wildman–Crippen LogP) is 1.57. The molecule has 0 heterocycles. The van der Waals surface area contributed by atoms with E-state index in [1.165, 1.54) is 38.5 Å². The van der Waals surface area contributed by atoms with Crippen LogP contribution < -0.4 is 11.5 Å². The number of primary amides is 2. The summed E-state index contributed by atoms with van der Waals surface area (Å²) in [5.41, 5.74) is 7.38. The first-order valence-corrected chi connectivity index (χ1v) is 8.22. The van der Waals surface area contributed by atoms with Crippen molar-refractivity contribution >= 4 is 17.6 Å². The lowest BCUT2D eigenvalue weighted by Crippen LogP contribution is -2.55. The molecule has 0 fully saturated rings. The lowest BCUT2D eigenvalue weighted by atomic mass is 9.90. The van der Waals surface area contributed by atoms with E-state index in [-0.39, 0.29) is 6.42 Å². The number of amides is 2. The van der Waals surface area contributed by atoms with Crippen LogP contribution in [0, 0.1) is 0 Å². The van der Waals surface area contributed by atoms with Crippen LogP contribution in [-0.4, -0.2) is 28.3 Å². The Kier molecular flexibility index (Phi) is 10.5. The number of hydrogen-bond acceptors (Lipinski definition) is 4. The smallest absolute Gasteiger partial charge is 0.288 e. The van der Waals surface area contributed by atoms with Crippen LogP contribution in [0.2, 0.25) is 0 Å². The molecule has 0 saturated heterocycles. The summed E-state index contributed by atoms with van der Waals surface area (Å²) in [7, 11) is 0. The van der Waals surface area contributed by atoms with E-state index in [1.54, 1.807) is 0 Å². The zero-order chi connectivity index (χ0) is 17.0. The van der Waals surface area contributed by atoms with Gasteiger partial charge in [0.25, 0.3) is 17.6 Å². The summed E-state index contributed by atoms with van der Waals surface area (Å²) in [5, 5.41) is 9.93. The van der Waals surface area contributed by atoms with Crippen molar-refractivity contribution in [3.05, 3.63) is 0 Å². The van der Waals surface area contributed by atoms with Gasteiger partial charge in [0, 0.05) is 0 Å². The number of hydrogen-bond donors (Lipinski definition) is 3. The maximum Gasteiger partial charge on any atom is 0.288 e. The third-order valence-corrected chi connectivity index (χ3v) is 3.90. The summed E-state index contributed by atoms with van der Waals surface area (Å²) < 4.78 is 0. The molecule has 2 amide bonds. The molecule has 6 heteroatoms. The topological polar surface area (TPSA) is 123 Å². The van der Waals surface area contributed by atoms with Gasteiger partial charge in [0.15, 0.2) is 0 Å². The van der Waals surface area contributed by atoms with Gasteiger partial charge in [-0.25, -0.2) is 0 Å². The van der Waals surface area contributed by atoms with Crippen LogP contribution in [0.5, 0.6) is 0 Å². The number of ketones is 1. The average molecular weight is 314 g/mol. The van der Waals surface area contributed by atoms with Crippen LogP contribution in [-0.2, 0) is 14.4 Å². The Morgan fingerprint density at radius 1 is 0.818 bits per heavy atom. The third-order valence-electron chi connectivity index (χ3n) is 3.90. The van der Waals surface area contributed by atoms with Crippen molar-refractivity contribution in [3.8, 4) is 0 Å². The van der Waals surface area contributed by atoms with Gasteiger partial charge in [-0.2, -0.15) is 0 Å². The first-order valence-electron chi connectivity index (χ1n) is 8.22. The number of nitrogens with two attached hydrogens (primary N) is 2. The molecule has 0 aromatic heterocycles. The summed E-state index contributed by atoms with van der Waals surface area (Å²) in [5.74, 6) is -3.88. The van der Waals surface area contributed by atoms with Crippen molar-refractivity contribution in [2.45, 2.75) is 83.2 Å². The molecule has 0 aromatic rings. The molecule has 1 atom stereocenters. The largest absolute Gasteiger partial charge is 0.373 e. The normalized spacial score (nSPS) is 13.5. The van der Waals surface area contributed by atoms with Gasteiger partial charge in [0.2, 0.25) is 5.60 Å². The number of unbranched alkanes of at least 4 members (excludes halogenated alkanes) is 9. The molecule has 0 spiro atoms. The Balaban J connectivity index is 3.85. The Bertz CT molecular complexity index is 371. The van der Waals surface area contributed by atoms with Gasteiger partial charge < -0.3 is 16.6 Å². The Hall–Kier alpha value is -1.43. The fraction of sp³-hybridized carbons (Fsp3) is 0.812. The Labute approximate surface area is 132 Å². The second-order valence-corrected chi connectivity index (χ2v) is 5.85. The van der Waals surface area contributed by atoms with E-state index in [9.17, 15) is 19.5 Å². The predicted molar refractivity (Wildman–Crippen MR) is 84.8 cm³/mol. The van der Waals surface area contributed by atoms with Crippen molar-refractivity contribution in [2.24, 2.45) is 11.5 Å². The number of aliphatic hydroxyl groups is 1. The van der Waals surface area contributed by atoms with Gasteiger partial charge in [-0.1, -0.05) is 64.7 Å². The minimum Gasteiger partial charge on any atom is -0.373 e. The fourth-order valence-corrected chi connectivity index (χ4v) is 2.42. The quantitative estimate of drug-likeness (QED) is 0.256. The second kappa shape index (κ2) is 11.2. The molecule has 22 heavy (non-hydrogen) atoms. The van der Waals surface area contributed by atoms with Crippen LogP contribution in [0.25, 0.3) is 0 Å². The highest BCUT2D eigenvalue weighted by Crippen LogP contribution is 2.18. The molecule has 0 rings (SSSR count). The second-order valence-electron chi connectivity index (χ2n) is 5.85. The standard InChI is InChI=1S/C16H30N2O4/c1-2-3-4-5-6-7-8-9-10-11-12-16(22,15(18)21)13(19)14(17)20/h22H,2-12H2,1H3,(H2,17,20)(H2,18,21). The van der Waals surface area contributed by atoms with E-state index in [0.29, 0.717) is 6.42 Å². The van der Waals surface area contributed by atoms with Crippen molar-refractivity contribution < 1.29 is 19.5 Å². The number of Topliss-reactive ketones (excluding diaryl/α,β-unsaturated/α-hetero) is 1. The van der Waals surface area contributed by atoms with E-state index in [1.807, 2.05) is 0 Å². The molecule has 5 N–H and O–H groups in total. The monoisotopic (exact) mass is 314 g/mol. The first-order chi connectivity index (χ1) is 10.4. The van der Waals surface area contributed by atoms with Crippen molar-refractivity contribution in [2.75, 3.05) is 0 Å². The van der Waals surface area contributed by atoms with Crippen molar-refractivity contribution in [1.82, 2.24) is 0 Å². The zero-order valence-electron chi connectivity index (χ0n) is 13.6. The number of carbonyl (C=O) groups is 3. The fourth-order valence-electron chi connectivity index (χ4n) is 2.42. The van der Waals surface area contributed by atoms with Crippen LogP contribution in [0.4, 0.5) is 0 Å². The summed E-state index contributed by atoms with van der Waals surface area (Å²) in [6.07, 6.45) is 10.6. The van der Waals surface area contributed by atoms with Crippen LogP contribution in [0.1, 0.15) is 77.6 Å². The van der Waals surface area contributed by atoms with Gasteiger partial charge in [-0.3, -0.25) is 14.4 Å². The van der Waals surface area contributed by atoms with E-state index in [2.05, 4.69) is 6.92 Å². The molecule has 0 saturated carbocycles. The molecular weight excluding hydrogens is 284 g/mol. The number of rotatable bonds is 14. The lowest BCUT2D eigenvalue weighted by Gasteiger charge is -2.21. The van der Waals surface area contributed by atoms with Crippen molar-refractivity contribution in [3.63, 3.8) is 0 Å². The average Bonchev–Trinajstić information content (AvgIpc) is 2.47. The summed E-state index contributed by atoms with van der Waals surface area (Å²) in [6, 6.07) is 0. The Morgan fingerprint density at radius 2 is 1.23 bits per heavy atom. The maximum absolute atomic E-state index is 11.5.